The Labute approximate surface area is 203 Å². The summed E-state index contributed by atoms with van der Waals surface area (Å²) in [6.07, 6.45) is 1.71. The standard InChI is InChI=1S/C29H24N2O4/c1-18-22-11-9-20(29(32)31-21-7-5-4-6-8-21)15-19(22)10-12-25(18)35-26-13-14-30-24-17-28(34-3)27(33-2)16-23(24)26/h4-17H,1-3H3,(H,31,32). The van der Waals surface area contributed by atoms with E-state index in [1.54, 1.807) is 20.4 Å². The van der Waals surface area contributed by atoms with Crippen molar-refractivity contribution in [3.8, 4) is 23.0 Å². The number of amides is 1. The number of anilines is 1. The first-order valence-corrected chi connectivity index (χ1v) is 11.2. The van der Waals surface area contributed by atoms with E-state index in [0.717, 1.165) is 38.7 Å². The maximum atomic E-state index is 12.7. The van der Waals surface area contributed by atoms with Crippen LogP contribution in [0.4, 0.5) is 5.69 Å². The fraction of sp³-hybridized carbons (Fsp3) is 0.103. The molecule has 5 rings (SSSR count). The van der Waals surface area contributed by atoms with Crippen LogP contribution in [0, 0.1) is 6.92 Å². The number of carbonyl (C=O) groups excluding carboxylic acids is 1. The zero-order valence-corrected chi connectivity index (χ0v) is 19.7. The highest BCUT2D eigenvalue weighted by Gasteiger charge is 2.14. The number of ether oxygens (including phenoxy) is 3. The van der Waals surface area contributed by atoms with Gasteiger partial charge in [-0.1, -0.05) is 30.3 Å². The van der Waals surface area contributed by atoms with Crippen LogP contribution in [0.1, 0.15) is 15.9 Å². The second-order valence-electron chi connectivity index (χ2n) is 8.08. The van der Waals surface area contributed by atoms with Crippen LogP contribution in [0.2, 0.25) is 0 Å². The SMILES string of the molecule is COc1cc2nccc(Oc3ccc4cc(C(=O)Nc5ccccc5)ccc4c3C)c2cc1OC. The molecule has 0 spiro atoms. The third-order valence-electron chi connectivity index (χ3n) is 5.96. The average molecular weight is 465 g/mol. The third kappa shape index (κ3) is 4.34. The van der Waals surface area contributed by atoms with Gasteiger partial charge >= 0.3 is 0 Å². The summed E-state index contributed by atoms with van der Waals surface area (Å²) in [6, 6.07) is 24.5. The van der Waals surface area contributed by atoms with Gasteiger partial charge in [0, 0.05) is 28.9 Å². The van der Waals surface area contributed by atoms with Crippen molar-refractivity contribution in [3.05, 3.63) is 96.2 Å². The van der Waals surface area contributed by atoms with E-state index >= 15 is 0 Å². The molecular weight excluding hydrogens is 440 g/mol. The molecule has 6 nitrogen and oxygen atoms in total. The Kier molecular flexibility index (Phi) is 5.94. The summed E-state index contributed by atoms with van der Waals surface area (Å²) in [5.74, 6) is 2.45. The minimum atomic E-state index is -0.149. The predicted molar refractivity (Wildman–Crippen MR) is 138 cm³/mol. The summed E-state index contributed by atoms with van der Waals surface area (Å²) in [4.78, 5) is 17.2. The summed E-state index contributed by atoms with van der Waals surface area (Å²) in [7, 11) is 3.20. The van der Waals surface area contributed by atoms with Crippen LogP contribution in [0.25, 0.3) is 21.7 Å². The lowest BCUT2D eigenvalue weighted by Gasteiger charge is -2.15. The fourth-order valence-corrected chi connectivity index (χ4v) is 4.10. The van der Waals surface area contributed by atoms with Crippen LogP contribution in [-0.2, 0) is 0 Å². The number of nitrogens with zero attached hydrogens (tertiary/aromatic N) is 1. The Morgan fingerprint density at radius 2 is 1.54 bits per heavy atom. The van der Waals surface area contributed by atoms with Crippen molar-refractivity contribution in [1.82, 2.24) is 4.98 Å². The van der Waals surface area contributed by atoms with E-state index in [-0.39, 0.29) is 5.91 Å². The molecule has 174 valence electrons. The number of methoxy groups -OCH3 is 2. The Bertz CT molecular complexity index is 1550. The molecule has 0 saturated heterocycles. The topological polar surface area (TPSA) is 69.7 Å². The van der Waals surface area contributed by atoms with Gasteiger partial charge in [0.05, 0.1) is 19.7 Å². The summed E-state index contributed by atoms with van der Waals surface area (Å²) in [5.41, 5.74) is 3.07. The maximum absolute atomic E-state index is 12.7. The third-order valence-corrected chi connectivity index (χ3v) is 5.96. The van der Waals surface area contributed by atoms with Gasteiger partial charge in [0.1, 0.15) is 11.5 Å². The lowest BCUT2D eigenvalue weighted by molar-refractivity contribution is 0.102. The number of hydrogen-bond donors (Lipinski definition) is 1. The molecule has 4 aromatic carbocycles. The Morgan fingerprint density at radius 1 is 0.771 bits per heavy atom. The normalized spacial score (nSPS) is 10.8. The number of nitrogens with one attached hydrogen (secondary N) is 1. The maximum Gasteiger partial charge on any atom is 0.255 e. The van der Waals surface area contributed by atoms with E-state index in [9.17, 15) is 4.79 Å². The van der Waals surface area contributed by atoms with Crippen LogP contribution in [0.5, 0.6) is 23.0 Å². The van der Waals surface area contributed by atoms with Crippen molar-refractivity contribution in [2.75, 3.05) is 19.5 Å². The number of rotatable bonds is 6. The zero-order valence-electron chi connectivity index (χ0n) is 19.7. The molecule has 1 N–H and O–H groups in total. The molecule has 0 aliphatic heterocycles. The van der Waals surface area contributed by atoms with Gasteiger partial charge in [-0.2, -0.15) is 0 Å². The van der Waals surface area contributed by atoms with E-state index in [1.807, 2.05) is 85.8 Å². The molecule has 35 heavy (non-hydrogen) atoms. The number of carbonyl (C=O) groups is 1. The molecule has 0 aliphatic carbocycles. The zero-order chi connectivity index (χ0) is 24.4. The highest BCUT2D eigenvalue weighted by atomic mass is 16.5. The number of benzene rings is 4. The second kappa shape index (κ2) is 9.35. The van der Waals surface area contributed by atoms with Crippen molar-refractivity contribution in [3.63, 3.8) is 0 Å². The summed E-state index contributed by atoms with van der Waals surface area (Å²) < 4.78 is 17.2. The van der Waals surface area contributed by atoms with E-state index in [1.165, 1.54) is 0 Å². The van der Waals surface area contributed by atoms with Crippen molar-refractivity contribution < 1.29 is 19.0 Å². The smallest absolute Gasteiger partial charge is 0.255 e. The number of pyridine rings is 1. The summed E-state index contributed by atoms with van der Waals surface area (Å²) >= 11 is 0. The quantitative estimate of drug-likeness (QED) is 0.301. The molecule has 0 bridgehead atoms. The predicted octanol–water partition coefficient (Wildman–Crippen LogP) is 6.76. The minimum Gasteiger partial charge on any atom is -0.493 e. The highest BCUT2D eigenvalue weighted by Crippen LogP contribution is 2.38. The van der Waals surface area contributed by atoms with Crippen molar-refractivity contribution in [2.24, 2.45) is 0 Å². The molecule has 1 aromatic heterocycles. The molecule has 0 radical (unpaired) electrons. The molecule has 5 aromatic rings. The monoisotopic (exact) mass is 464 g/mol. The van der Waals surface area contributed by atoms with Gasteiger partial charge in [0.25, 0.3) is 5.91 Å². The first kappa shape index (κ1) is 22.2. The number of hydrogen-bond acceptors (Lipinski definition) is 5. The lowest BCUT2D eigenvalue weighted by Crippen LogP contribution is -2.11. The molecule has 1 heterocycles. The summed E-state index contributed by atoms with van der Waals surface area (Å²) in [6.45, 7) is 2.01. The Morgan fingerprint density at radius 3 is 2.31 bits per heavy atom. The van der Waals surface area contributed by atoms with E-state index < -0.39 is 0 Å². The van der Waals surface area contributed by atoms with Crippen LogP contribution < -0.4 is 19.5 Å². The van der Waals surface area contributed by atoms with Crippen molar-refractivity contribution in [1.29, 1.82) is 0 Å². The van der Waals surface area contributed by atoms with Gasteiger partial charge in [-0.15, -0.1) is 0 Å². The first-order chi connectivity index (χ1) is 17.1. The van der Waals surface area contributed by atoms with Gasteiger partial charge < -0.3 is 19.5 Å². The molecule has 0 saturated carbocycles. The van der Waals surface area contributed by atoms with Crippen LogP contribution in [-0.4, -0.2) is 25.1 Å². The largest absolute Gasteiger partial charge is 0.493 e. The lowest BCUT2D eigenvalue weighted by atomic mass is 10.0. The molecule has 6 heteroatoms. The molecule has 0 atom stereocenters. The van der Waals surface area contributed by atoms with Crippen molar-refractivity contribution in [2.45, 2.75) is 6.92 Å². The fourth-order valence-electron chi connectivity index (χ4n) is 4.10. The van der Waals surface area contributed by atoms with E-state index in [0.29, 0.717) is 22.8 Å². The molecule has 0 unspecified atom stereocenters. The first-order valence-electron chi connectivity index (χ1n) is 11.2. The van der Waals surface area contributed by atoms with Gasteiger partial charge in [-0.25, -0.2) is 0 Å². The van der Waals surface area contributed by atoms with Crippen LogP contribution >= 0.6 is 0 Å². The highest BCUT2D eigenvalue weighted by molar-refractivity contribution is 6.06. The van der Waals surface area contributed by atoms with E-state index in [2.05, 4.69) is 10.3 Å². The Hall–Kier alpha value is -4.58. The van der Waals surface area contributed by atoms with Gasteiger partial charge in [-0.05, 0) is 65.7 Å². The number of aryl methyl sites for hydroxylation is 1. The Balaban J connectivity index is 1.47. The number of para-hydroxylation sites is 1. The van der Waals surface area contributed by atoms with Crippen LogP contribution in [0.3, 0.4) is 0 Å². The second-order valence-corrected chi connectivity index (χ2v) is 8.08. The number of fused-ring (bicyclic) bond motifs is 2. The van der Waals surface area contributed by atoms with Crippen LogP contribution in [0.15, 0.2) is 85.1 Å². The number of aromatic nitrogens is 1. The molecule has 1 amide bonds. The summed E-state index contributed by atoms with van der Waals surface area (Å²) in [5, 5.41) is 5.71. The van der Waals surface area contributed by atoms with E-state index in [4.69, 9.17) is 14.2 Å². The van der Waals surface area contributed by atoms with Gasteiger partial charge in [0.2, 0.25) is 0 Å². The van der Waals surface area contributed by atoms with Gasteiger partial charge in [0.15, 0.2) is 11.5 Å². The van der Waals surface area contributed by atoms with Crippen molar-refractivity contribution >= 4 is 33.3 Å². The minimum absolute atomic E-state index is 0.149. The average Bonchev–Trinajstić information content (AvgIpc) is 2.90. The molecule has 0 aliphatic rings. The molecular formula is C29H24N2O4. The molecule has 0 fully saturated rings. The van der Waals surface area contributed by atoms with Gasteiger partial charge in [-0.3, -0.25) is 9.78 Å².